The van der Waals surface area contributed by atoms with E-state index in [2.05, 4.69) is 10.2 Å². The molecule has 1 aliphatic carbocycles. The smallest absolute Gasteiger partial charge is 0.223 e. The molecule has 110 valence electrons. The molecule has 2 N–H and O–H groups in total. The first kappa shape index (κ1) is 14.8. The summed E-state index contributed by atoms with van der Waals surface area (Å²) in [5.41, 5.74) is 0. The number of amides is 1. The summed E-state index contributed by atoms with van der Waals surface area (Å²) in [5, 5.41) is 12.8. The number of rotatable bonds is 5. The van der Waals surface area contributed by atoms with Gasteiger partial charge in [0.05, 0.1) is 19.3 Å². The summed E-state index contributed by atoms with van der Waals surface area (Å²) in [6, 6.07) is 0. The van der Waals surface area contributed by atoms with Crippen LogP contribution < -0.4 is 5.32 Å². The van der Waals surface area contributed by atoms with Gasteiger partial charge in [-0.3, -0.25) is 9.69 Å². The van der Waals surface area contributed by atoms with Crippen molar-refractivity contribution in [3.8, 4) is 0 Å². The molecule has 5 heteroatoms. The van der Waals surface area contributed by atoms with Crippen LogP contribution in [0, 0.1) is 5.92 Å². The second kappa shape index (κ2) is 7.82. The third kappa shape index (κ3) is 5.09. The first-order chi connectivity index (χ1) is 9.25. The van der Waals surface area contributed by atoms with Gasteiger partial charge < -0.3 is 15.2 Å². The maximum Gasteiger partial charge on any atom is 0.223 e. The second-order valence-electron chi connectivity index (χ2n) is 5.65. The highest BCUT2D eigenvalue weighted by Crippen LogP contribution is 2.23. The molecule has 1 unspecified atom stereocenters. The number of aliphatic hydroxyl groups excluding tert-OH is 1. The predicted molar refractivity (Wildman–Crippen MR) is 72.9 cm³/mol. The van der Waals surface area contributed by atoms with Gasteiger partial charge in [-0.1, -0.05) is 19.3 Å². The van der Waals surface area contributed by atoms with Crippen LogP contribution in [0.3, 0.4) is 0 Å². The van der Waals surface area contributed by atoms with Gasteiger partial charge in [-0.25, -0.2) is 0 Å². The summed E-state index contributed by atoms with van der Waals surface area (Å²) >= 11 is 0. The number of β-amino-alcohol motifs (C(OH)–C–C–N with tert-alkyl or cyclic N) is 1. The number of carbonyl (C=O) groups excluding carboxylic acids is 1. The lowest BCUT2D eigenvalue weighted by molar-refractivity contribution is -0.126. The molecule has 1 amide bonds. The zero-order valence-corrected chi connectivity index (χ0v) is 11.6. The minimum Gasteiger partial charge on any atom is -0.390 e. The Bertz CT molecular complexity index is 274. The second-order valence-corrected chi connectivity index (χ2v) is 5.65. The Morgan fingerprint density at radius 2 is 1.95 bits per heavy atom. The SMILES string of the molecule is O=C(NCC(O)CN1CCOCC1)C1CCCCC1. The molecule has 1 aliphatic heterocycles. The van der Waals surface area contributed by atoms with Crippen LogP contribution in [0.4, 0.5) is 0 Å². The standard InChI is InChI=1S/C14H26N2O3/c17-13(11-16-6-8-19-9-7-16)10-15-14(18)12-4-2-1-3-5-12/h12-13,17H,1-11H2,(H,15,18). The van der Waals surface area contributed by atoms with Gasteiger partial charge in [-0.15, -0.1) is 0 Å². The van der Waals surface area contributed by atoms with Crippen molar-refractivity contribution in [1.29, 1.82) is 0 Å². The largest absolute Gasteiger partial charge is 0.390 e. The summed E-state index contributed by atoms with van der Waals surface area (Å²) in [6.45, 7) is 4.20. The fourth-order valence-electron chi connectivity index (χ4n) is 2.87. The fraction of sp³-hybridized carbons (Fsp3) is 0.929. The zero-order chi connectivity index (χ0) is 13.5. The van der Waals surface area contributed by atoms with Crippen LogP contribution >= 0.6 is 0 Å². The van der Waals surface area contributed by atoms with Crippen molar-refractivity contribution < 1.29 is 14.6 Å². The van der Waals surface area contributed by atoms with Crippen molar-refractivity contribution in [3.05, 3.63) is 0 Å². The van der Waals surface area contributed by atoms with E-state index in [1.165, 1.54) is 6.42 Å². The minimum atomic E-state index is -0.481. The average Bonchev–Trinajstić information content (AvgIpc) is 2.47. The molecule has 1 atom stereocenters. The van der Waals surface area contributed by atoms with E-state index in [0.717, 1.165) is 52.0 Å². The molecule has 0 aromatic heterocycles. The van der Waals surface area contributed by atoms with Crippen molar-refractivity contribution in [1.82, 2.24) is 10.2 Å². The average molecular weight is 270 g/mol. The summed E-state index contributed by atoms with van der Waals surface area (Å²) in [7, 11) is 0. The first-order valence-corrected chi connectivity index (χ1v) is 7.51. The maximum atomic E-state index is 11.9. The fourth-order valence-corrected chi connectivity index (χ4v) is 2.87. The van der Waals surface area contributed by atoms with E-state index >= 15 is 0 Å². The topological polar surface area (TPSA) is 61.8 Å². The Labute approximate surface area is 115 Å². The number of aliphatic hydroxyl groups is 1. The predicted octanol–water partition coefficient (Wildman–Crippen LogP) is 0.376. The third-order valence-corrected chi connectivity index (χ3v) is 4.06. The van der Waals surface area contributed by atoms with E-state index in [-0.39, 0.29) is 11.8 Å². The van der Waals surface area contributed by atoms with E-state index < -0.39 is 6.10 Å². The van der Waals surface area contributed by atoms with E-state index in [4.69, 9.17) is 4.74 Å². The highest BCUT2D eigenvalue weighted by Gasteiger charge is 2.22. The van der Waals surface area contributed by atoms with Crippen LogP contribution in [0.15, 0.2) is 0 Å². The normalized spacial score (nSPS) is 24.1. The quantitative estimate of drug-likeness (QED) is 0.758. The Morgan fingerprint density at radius 1 is 1.26 bits per heavy atom. The van der Waals surface area contributed by atoms with Crippen LogP contribution in [0.25, 0.3) is 0 Å². The summed E-state index contributed by atoms with van der Waals surface area (Å²) in [4.78, 5) is 14.1. The minimum absolute atomic E-state index is 0.126. The molecular formula is C14H26N2O3. The van der Waals surface area contributed by atoms with Crippen molar-refractivity contribution in [3.63, 3.8) is 0 Å². The zero-order valence-electron chi connectivity index (χ0n) is 11.6. The Kier molecular flexibility index (Phi) is 6.07. The summed E-state index contributed by atoms with van der Waals surface area (Å²) in [6.07, 6.45) is 5.11. The van der Waals surface area contributed by atoms with E-state index in [1.807, 2.05) is 0 Å². The van der Waals surface area contributed by atoms with Crippen LogP contribution in [0.1, 0.15) is 32.1 Å². The molecule has 1 saturated carbocycles. The van der Waals surface area contributed by atoms with Gasteiger partial charge >= 0.3 is 0 Å². The van der Waals surface area contributed by atoms with Crippen LogP contribution in [-0.2, 0) is 9.53 Å². The molecule has 1 saturated heterocycles. The molecule has 5 nitrogen and oxygen atoms in total. The van der Waals surface area contributed by atoms with Gasteiger partial charge in [0.15, 0.2) is 0 Å². The molecular weight excluding hydrogens is 244 g/mol. The highest BCUT2D eigenvalue weighted by atomic mass is 16.5. The Hall–Kier alpha value is -0.650. The first-order valence-electron chi connectivity index (χ1n) is 7.51. The molecule has 0 spiro atoms. The van der Waals surface area contributed by atoms with E-state index in [0.29, 0.717) is 13.1 Å². The lowest BCUT2D eigenvalue weighted by atomic mass is 9.88. The highest BCUT2D eigenvalue weighted by molar-refractivity contribution is 5.78. The number of carbonyl (C=O) groups is 1. The van der Waals surface area contributed by atoms with Gasteiger partial charge in [-0.05, 0) is 12.8 Å². The number of hydrogen-bond donors (Lipinski definition) is 2. The van der Waals surface area contributed by atoms with Crippen molar-refractivity contribution >= 4 is 5.91 Å². The lowest BCUT2D eigenvalue weighted by Crippen LogP contribution is -2.45. The van der Waals surface area contributed by atoms with E-state index in [9.17, 15) is 9.90 Å². The molecule has 0 aromatic rings. The molecule has 2 rings (SSSR count). The molecule has 19 heavy (non-hydrogen) atoms. The number of hydrogen-bond acceptors (Lipinski definition) is 4. The van der Waals surface area contributed by atoms with Crippen LogP contribution in [0.5, 0.6) is 0 Å². The van der Waals surface area contributed by atoms with Crippen molar-refractivity contribution in [2.45, 2.75) is 38.2 Å². The molecule has 1 heterocycles. The van der Waals surface area contributed by atoms with Gasteiger partial charge in [0.25, 0.3) is 0 Å². The molecule has 0 bridgehead atoms. The van der Waals surface area contributed by atoms with Gasteiger partial charge in [0, 0.05) is 32.1 Å². The Morgan fingerprint density at radius 3 is 2.63 bits per heavy atom. The number of morpholine rings is 1. The molecule has 0 radical (unpaired) electrons. The Balaban J connectivity index is 1.61. The van der Waals surface area contributed by atoms with Crippen LogP contribution in [0.2, 0.25) is 0 Å². The van der Waals surface area contributed by atoms with Gasteiger partial charge in [0.1, 0.15) is 0 Å². The third-order valence-electron chi connectivity index (χ3n) is 4.06. The molecule has 2 aliphatic rings. The van der Waals surface area contributed by atoms with Crippen LogP contribution in [-0.4, -0.2) is 61.4 Å². The van der Waals surface area contributed by atoms with Crippen molar-refractivity contribution in [2.75, 3.05) is 39.4 Å². The number of ether oxygens (including phenoxy) is 1. The van der Waals surface area contributed by atoms with Gasteiger partial charge in [0.2, 0.25) is 5.91 Å². The molecule has 2 fully saturated rings. The molecule has 0 aromatic carbocycles. The van der Waals surface area contributed by atoms with E-state index in [1.54, 1.807) is 0 Å². The summed E-state index contributed by atoms with van der Waals surface area (Å²) < 4.78 is 5.27. The monoisotopic (exact) mass is 270 g/mol. The number of nitrogens with one attached hydrogen (secondary N) is 1. The number of nitrogens with zero attached hydrogens (tertiary/aromatic N) is 1. The van der Waals surface area contributed by atoms with Crippen molar-refractivity contribution in [2.24, 2.45) is 5.92 Å². The summed E-state index contributed by atoms with van der Waals surface area (Å²) in [5.74, 6) is 0.296. The maximum absolute atomic E-state index is 11.9. The lowest BCUT2D eigenvalue weighted by Gasteiger charge is -2.29. The van der Waals surface area contributed by atoms with Gasteiger partial charge in [-0.2, -0.15) is 0 Å².